The van der Waals surface area contributed by atoms with Crippen LogP contribution in [0.1, 0.15) is 42.6 Å². The molecule has 2 unspecified atom stereocenters. The van der Waals surface area contributed by atoms with Crippen molar-refractivity contribution in [3.8, 4) is 17.2 Å². The van der Waals surface area contributed by atoms with Crippen molar-refractivity contribution in [3.05, 3.63) is 28.8 Å². The molecule has 1 aromatic carbocycles. The predicted molar refractivity (Wildman–Crippen MR) is 80.6 cm³/mol. The first-order chi connectivity index (χ1) is 10.4. The number of Topliss-reactive ketones (excluding diaryl/α,β-unsaturated/α-hetero) is 1. The lowest BCUT2D eigenvalue weighted by atomic mass is 9.88. The van der Waals surface area contributed by atoms with Crippen LogP contribution in [0, 0.1) is 0 Å². The van der Waals surface area contributed by atoms with Gasteiger partial charge in [-0.2, -0.15) is 0 Å². The average molecular weight is 304 g/mol. The van der Waals surface area contributed by atoms with Crippen LogP contribution in [0.3, 0.4) is 0 Å². The van der Waals surface area contributed by atoms with Crippen molar-refractivity contribution in [2.24, 2.45) is 0 Å². The minimum atomic E-state index is -0.559. The van der Waals surface area contributed by atoms with Crippen LogP contribution in [-0.4, -0.2) is 34.8 Å². The number of benzene rings is 1. The van der Waals surface area contributed by atoms with Crippen molar-refractivity contribution < 1.29 is 24.5 Å². The number of aromatic hydroxyl groups is 2. The first-order valence-electron chi connectivity index (χ1n) is 7.37. The van der Waals surface area contributed by atoms with Crippen LogP contribution in [0.25, 0.3) is 0 Å². The van der Waals surface area contributed by atoms with E-state index in [1.807, 2.05) is 13.8 Å². The van der Waals surface area contributed by atoms with Gasteiger partial charge in [0.15, 0.2) is 17.3 Å². The lowest BCUT2D eigenvalue weighted by Gasteiger charge is -2.17. The summed E-state index contributed by atoms with van der Waals surface area (Å²) in [5.74, 6) is -0.392. The van der Waals surface area contributed by atoms with Gasteiger partial charge in [0, 0.05) is 11.6 Å². The second-order valence-electron chi connectivity index (χ2n) is 6.24. The number of rotatable bonds is 1. The molecule has 2 atom stereocenters. The molecule has 1 heterocycles. The summed E-state index contributed by atoms with van der Waals surface area (Å²) in [5.41, 5.74) is 1.08. The minimum Gasteiger partial charge on any atom is -0.507 e. The molecule has 118 valence electrons. The summed E-state index contributed by atoms with van der Waals surface area (Å²) >= 11 is 0. The van der Waals surface area contributed by atoms with Gasteiger partial charge in [-0.05, 0) is 33.1 Å². The number of phenols is 2. The second-order valence-corrected chi connectivity index (χ2v) is 6.24. The molecule has 0 amide bonds. The number of carbonyl (C=O) groups is 1. The van der Waals surface area contributed by atoms with Crippen LogP contribution in [0.2, 0.25) is 0 Å². The number of allylic oxidation sites excluding steroid dienone is 2. The molecule has 1 fully saturated rings. The van der Waals surface area contributed by atoms with Gasteiger partial charge < -0.3 is 19.7 Å². The molecule has 1 saturated heterocycles. The predicted octanol–water partition coefficient (Wildman–Crippen LogP) is 2.73. The third-order valence-corrected chi connectivity index (χ3v) is 4.52. The number of hydrogen-bond acceptors (Lipinski definition) is 5. The summed E-state index contributed by atoms with van der Waals surface area (Å²) in [6, 6.07) is 1.27. The Morgan fingerprint density at radius 3 is 2.82 bits per heavy atom. The zero-order valence-corrected chi connectivity index (χ0v) is 13.0. The van der Waals surface area contributed by atoms with Gasteiger partial charge in [-0.3, -0.25) is 4.79 Å². The number of ketones is 1. The highest BCUT2D eigenvalue weighted by molar-refractivity contribution is 6.06. The molecule has 0 bridgehead atoms. The monoisotopic (exact) mass is 304 g/mol. The molecular weight excluding hydrogens is 284 g/mol. The highest BCUT2D eigenvalue weighted by Crippen LogP contribution is 2.47. The third-order valence-electron chi connectivity index (χ3n) is 4.52. The zero-order chi connectivity index (χ0) is 16.1. The molecule has 1 aliphatic heterocycles. The van der Waals surface area contributed by atoms with E-state index in [-0.39, 0.29) is 28.6 Å². The van der Waals surface area contributed by atoms with Gasteiger partial charge in [0.1, 0.15) is 17.5 Å². The Kier molecular flexibility index (Phi) is 3.40. The standard InChI is InChI=1S/C17H20O5/c1-9-5-4-6-17(2)16(22-17)15(20)13-10(7-9)14(19)12(21-3)8-11(13)18/h5,8,16,18-19H,4,6-7H2,1-3H3. The van der Waals surface area contributed by atoms with Crippen molar-refractivity contribution in [3.63, 3.8) is 0 Å². The van der Waals surface area contributed by atoms with Gasteiger partial charge in [-0.1, -0.05) is 11.6 Å². The SMILES string of the molecule is COc1cc(O)c2c(c1O)CC(C)=CCCC1(C)OC1C2=O. The summed E-state index contributed by atoms with van der Waals surface area (Å²) < 4.78 is 10.7. The summed E-state index contributed by atoms with van der Waals surface area (Å²) in [6.07, 6.45) is 3.49. The molecular formula is C17H20O5. The van der Waals surface area contributed by atoms with E-state index in [0.29, 0.717) is 12.0 Å². The van der Waals surface area contributed by atoms with Crippen molar-refractivity contribution in [1.29, 1.82) is 0 Å². The van der Waals surface area contributed by atoms with E-state index in [1.54, 1.807) is 0 Å². The zero-order valence-electron chi connectivity index (χ0n) is 13.0. The molecule has 2 N–H and O–H groups in total. The van der Waals surface area contributed by atoms with E-state index >= 15 is 0 Å². The Labute approximate surface area is 129 Å². The molecule has 22 heavy (non-hydrogen) atoms. The average Bonchev–Trinajstić information content (AvgIpc) is 3.13. The largest absolute Gasteiger partial charge is 0.507 e. The Hall–Kier alpha value is -2.01. The second kappa shape index (κ2) is 5.02. The Morgan fingerprint density at radius 2 is 2.14 bits per heavy atom. The van der Waals surface area contributed by atoms with E-state index in [9.17, 15) is 15.0 Å². The lowest BCUT2D eigenvalue weighted by Crippen LogP contribution is -2.20. The molecule has 5 heteroatoms. The van der Waals surface area contributed by atoms with Crippen LogP contribution in [0.15, 0.2) is 17.7 Å². The molecule has 0 radical (unpaired) electrons. The van der Waals surface area contributed by atoms with Gasteiger partial charge in [0.2, 0.25) is 0 Å². The van der Waals surface area contributed by atoms with Crippen molar-refractivity contribution in [2.45, 2.75) is 44.8 Å². The van der Waals surface area contributed by atoms with Crippen LogP contribution in [0.4, 0.5) is 0 Å². The van der Waals surface area contributed by atoms with Gasteiger partial charge in [0.25, 0.3) is 0 Å². The maximum absolute atomic E-state index is 12.7. The molecule has 5 nitrogen and oxygen atoms in total. The van der Waals surface area contributed by atoms with Crippen molar-refractivity contribution in [2.75, 3.05) is 7.11 Å². The molecule has 3 rings (SSSR count). The fraction of sp³-hybridized carbons (Fsp3) is 0.471. The van der Waals surface area contributed by atoms with Crippen LogP contribution in [0.5, 0.6) is 17.2 Å². The normalized spacial score (nSPS) is 27.5. The molecule has 1 aromatic rings. The molecule has 0 aromatic heterocycles. The van der Waals surface area contributed by atoms with Crippen LogP contribution < -0.4 is 4.74 Å². The number of fused-ring (bicyclic) bond motifs is 2. The molecule has 2 aliphatic rings. The summed E-state index contributed by atoms with van der Waals surface area (Å²) in [5, 5.41) is 20.6. The lowest BCUT2D eigenvalue weighted by molar-refractivity contribution is 0.0949. The maximum Gasteiger partial charge on any atom is 0.198 e. The van der Waals surface area contributed by atoms with Crippen molar-refractivity contribution in [1.82, 2.24) is 0 Å². The third kappa shape index (κ3) is 2.25. The quantitative estimate of drug-likeness (QED) is 0.474. The van der Waals surface area contributed by atoms with E-state index in [1.165, 1.54) is 13.2 Å². The van der Waals surface area contributed by atoms with E-state index in [0.717, 1.165) is 18.4 Å². The first-order valence-corrected chi connectivity index (χ1v) is 7.37. The minimum absolute atomic E-state index is 0.0978. The summed E-state index contributed by atoms with van der Waals surface area (Å²) in [6.45, 7) is 3.85. The number of phenolic OH excluding ortho intramolecular Hbond substituents is 2. The van der Waals surface area contributed by atoms with Crippen LogP contribution in [-0.2, 0) is 11.2 Å². The molecule has 0 spiro atoms. The Balaban J connectivity index is 2.19. The smallest absolute Gasteiger partial charge is 0.198 e. The van der Waals surface area contributed by atoms with Gasteiger partial charge in [0.05, 0.1) is 12.7 Å². The molecule has 0 saturated carbocycles. The Morgan fingerprint density at radius 1 is 1.41 bits per heavy atom. The Bertz CT molecular complexity index is 676. The maximum atomic E-state index is 12.7. The number of carbonyl (C=O) groups excluding carboxylic acids is 1. The first kappa shape index (κ1) is 14.9. The number of hydrogen-bond donors (Lipinski definition) is 2. The molecule has 1 aliphatic carbocycles. The van der Waals surface area contributed by atoms with Crippen molar-refractivity contribution >= 4 is 5.78 Å². The number of epoxide rings is 1. The fourth-order valence-corrected chi connectivity index (χ4v) is 3.13. The van der Waals surface area contributed by atoms with Crippen LogP contribution >= 0.6 is 0 Å². The summed E-state index contributed by atoms with van der Waals surface area (Å²) in [7, 11) is 1.41. The fourth-order valence-electron chi connectivity index (χ4n) is 3.13. The highest BCUT2D eigenvalue weighted by atomic mass is 16.6. The van der Waals surface area contributed by atoms with Gasteiger partial charge in [-0.15, -0.1) is 0 Å². The topological polar surface area (TPSA) is 79.3 Å². The van der Waals surface area contributed by atoms with E-state index < -0.39 is 11.7 Å². The van der Waals surface area contributed by atoms with E-state index in [4.69, 9.17) is 9.47 Å². The van der Waals surface area contributed by atoms with E-state index in [2.05, 4.69) is 6.08 Å². The number of methoxy groups -OCH3 is 1. The number of ether oxygens (including phenoxy) is 2. The summed E-state index contributed by atoms with van der Waals surface area (Å²) in [4.78, 5) is 12.7. The van der Waals surface area contributed by atoms with Gasteiger partial charge >= 0.3 is 0 Å². The highest BCUT2D eigenvalue weighted by Gasteiger charge is 2.57. The van der Waals surface area contributed by atoms with Gasteiger partial charge in [-0.25, -0.2) is 0 Å².